The molecule has 7 nitrogen and oxygen atoms in total. The van der Waals surface area contributed by atoms with Gasteiger partial charge in [-0.2, -0.15) is 0 Å². The molecule has 3 fully saturated rings. The number of likely N-dealkylation sites (tertiary alicyclic amines) is 1. The predicted octanol–water partition coefficient (Wildman–Crippen LogP) is 4.97. The molecule has 4 heterocycles. The number of nitrogens with zero attached hydrogens (tertiary/aromatic N) is 4. The highest BCUT2D eigenvalue weighted by atomic mass is 16.5. The largest absolute Gasteiger partial charge is 0.497 e. The van der Waals surface area contributed by atoms with Gasteiger partial charge in [0.1, 0.15) is 23.2 Å². The van der Waals surface area contributed by atoms with Gasteiger partial charge in [0, 0.05) is 31.9 Å². The first-order chi connectivity index (χ1) is 17.2. The quantitative estimate of drug-likeness (QED) is 0.522. The lowest BCUT2D eigenvalue weighted by Crippen LogP contribution is -2.48. The van der Waals surface area contributed by atoms with Crippen LogP contribution in [0.1, 0.15) is 74.9 Å². The summed E-state index contributed by atoms with van der Waals surface area (Å²) >= 11 is 0. The van der Waals surface area contributed by atoms with Crippen molar-refractivity contribution >= 4 is 17.1 Å². The number of fused-ring (bicyclic) bond motifs is 1. The van der Waals surface area contributed by atoms with E-state index in [4.69, 9.17) is 14.5 Å². The smallest absolute Gasteiger partial charge is 0.233 e. The third-order valence-corrected chi connectivity index (χ3v) is 8.32. The van der Waals surface area contributed by atoms with Crippen LogP contribution in [0.3, 0.4) is 0 Å². The molecular weight excluding hydrogens is 440 g/mol. The molecule has 0 bridgehead atoms. The van der Waals surface area contributed by atoms with Crippen molar-refractivity contribution in [3.63, 3.8) is 0 Å². The lowest BCUT2D eigenvalue weighted by Gasteiger charge is -2.39. The number of ether oxygens (including phenoxy) is 2. The molecule has 0 radical (unpaired) electrons. The molecule has 3 aromatic rings. The van der Waals surface area contributed by atoms with Gasteiger partial charge in [-0.3, -0.25) is 4.79 Å². The van der Waals surface area contributed by atoms with Crippen molar-refractivity contribution in [3.05, 3.63) is 54.0 Å². The van der Waals surface area contributed by atoms with E-state index in [1.165, 1.54) is 0 Å². The van der Waals surface area contributed by atoms with Gasteiger partial charge >= 0.3 is 0 Å². The van der Waals surface area contributed by atoms with Crippen molar-refractivity contribution < 1.29 is 14.3 Å². The van der Waals surface area contributed by atoms with E-state index in [1.807, 2.05) is 30.5 Å². The van der Waals surface area contributed by atoms with E-state index in [1.54, 1.807) is 7.11 Å². The standard InChI is InChI=1S/C28H34N4O3/c1-34-22-10-8-20(9-11-22)28(14-2-3-15-28)27(33)31-17-12-21(13-18-31)32-25-23(6-4-16-29-25)30-26(32)24-7-5-19-35-24/h4,6,8-11,16,21,24H,2-3,5,7,12-15,17-19H2,1H3/t24-/m1/s1. The number of methoxy groups -OCH3 is 1. The van der Waals surface area contributed by atoms with Crippen LogP contribution < -0.4 is 4.74 Å². The van der Waals surface area contributed by atoms with Crippen LogP contribution in [0.4, 0.5) is 0 Å². The summed E-state index contributed by atoms with van der Waals surface area (Å²) in [4.78, 5) is 25.7. The summed E-state index contributed by atoms with van der Waals surface area (Å²) in [5.74, 6) is 2.14. The van der Waals surface area contributed by atoms with Gasteiger partial charge in [0.05, 0.1) is 12.5 Å². The Morgan fingerprint density at radius 1 is 1.06 bits per heavy atom. The number of rotatable bonds is 5. The number of hydrogen-bond acceptors (Lipinski definition) is 5. The molecule has 0 N–H and O–H groups in total. The van der Waals surface area contributed by atoms with Crippen LogP contribution in [0.25, 0.3) is 11.2 Å². The van der Waals surface area contributed by atoms with E-state index in [-0.39, 0.29) is 12.1 Å². The second kappa shape index (κ2) is 9.26. The lowest BCUT2D eigenvalue weighted by atomic mass is 9.77. The fourth-order valence-corrected chi connectivity index (χ4v) is 6.46. The maximum atomic E-state index is 14.0. The summed E-state index contributed by atoms with van der Waals surface area (Å²) in [6, 6.07) is 12.4. The van der Waals surface area contributed by atoms with Gasteiger partial charge in [-0.1, -0.05) is 25.0 Å². The second-order valence-corrected chi connectivity index (χ2v) is 10.2. The van der Waals surface area contributed by atoms with Crippen molar-refractivity contribution in [2.45, 2.75) is 68.9 Å². The molecule has 1 atom stereocenters. The summed E-state index contributed by atoms with van der Waals surface area (Å²) in [5, 5.41) is 0. The number of amides is 1. The van der Waals surface area contributed by atoms with E-state index in [0.717, 1.165) is 99.4 Å². The van der Waals surface area contributed by atoms with E-state index in [9.17, 15) is 4.79 Å². The molecule has 2 saturated heterocycles. The monoisotopic (exact) mass is 474 g/mol. The molecule has 1 aliphatic carbocycles. The Labute approximate surface area is 206 Å². The van der Waals surface area contributed by atoms with Gasteiger partial charge in [-0.05, 0) is 68.4 Å². The molecular formula is C28H34N4O3. The molecule has 3 aliphatic rings. The highest BCUT2D eigenvalue weighted by Gasteiger charge is 2.45. The summed E-state index contributed by atoms with van der Waals surface area (Å²) in [6.45, 7) is 2.32. The number of carbonyl (C=O) groups is 1. The van der Waals surface area contributed by atoms with Crippen LogP contribution in [0, 0.1) is 0 Å². The zero-order chi connectivity index (χ0) is 23.8. The van der Waals surface area contributed by atoms with Crippen LogP contribution >= 0.6 is 0 Å². The first-order valence-electron chi connectivity index (χ1n) is 13.1. The van der Waals surface area contributed by atoms with Gasteiger partial charge in [0.15, 0.2) is 5.65 Å². The summed E-state index contributed by atoms with van der Waals surface area (Å²) in [5.41, 5.74) is 2.60. The Morgan fingerprint density at radius 3 is 2.51 bits per heavy atom. The van der Waals surface area contributed by atoms with Gasteiger partial charge in [0.25, 0.3) is 0 Å². The van der Waals surface area contributed by atoms with E-state index in [2.05, 4.69) is 26.6 Å². The highest BCUT2D eigenvalue weighted by molar-refractivity contribution is 5.89. The number of pyridine rings is 1. The van der Waals surface area contributed by atoms with E-state index in [0.29, 0.717) is 5.91 Å². The van der Waals surface area contributed by atoms with Crippen LogP contribution in [0.5, 0.6) is 5.75 Å². The SMILES string of the molecule is COc1ccc(C2(C(=O)N3CCC(n4c([C@H]5CCCO5)nc5cccnc54)CC3)CCCC2)cc1. The first kappa shape index (κ1) is 22.5. The van der Waals surface area contributed by atoms with E-state index < -0.39 is 5.41 Å². The second-order valence-electron chi connectivity index (χ2n) is 10.2. The maximum Gasteiger partial charge on any atom is 0.233 e. The number of aromatic nitrogens is 3. The van der Waals surface area contributed by atoms with Crippen molar-refractivity contribution in [2.75, 3.05) is 26.8 Å². The summed E-state index contributed by atoms with van der Waals surface area (Å²) in [7, 11) is 1.68. The minimum atomic E-state index is -0.398. The average Bonchev–Trinajstić information content (AvgIpc) is 3.68. The molecule has 2 aromatic heterocycles. The van der Waals surface area contributed by atoms with Crippen LogP contribution in [-0.4, -0.2) is 52.1 Å². The zero-order valence-electron chi connectivity index (χ0n) is 20.5. The van der Waals surface area contributed by atoms with Gasteiger partial charge in [-0.15, -0.1) is 0 Å². The Balaban J connectivity index is 1.24. The number of hydrogen-bond donors (Lipinski definition) is 0. The average molecular weight is 475 g/mol. The molecule has 1 saturated carbocycles. The number of imidazole rings is 1. The fourth-order valence-electron chi connectivity index (χ4n) is 6.46. The molecule has 1 amide bonds. The number of carbonyl (C=O) groups excluding carboxylic acids is 1. The summed E-state index contributed by atoms with van der Waals surface area (Å²) in [6.07, 6.45) is 9.84. The Morgan fingerprint density at radius 2 is 1.83 bits per heavy atom. The van der Waals surface area contributed by atoms with Crippen molar-refractivity contribution in [2.24, 2.45) is 0 Å². The highest BCUT2D eigenvalue weighted by Crippen LogP contribution is 2.44. The minimum Gasteiger partial charge on any atom is -0.497 e. The van der Waals surface area contributed by atoms with Crippen LogP contribution in [0.15, 0.2) is 42.6 Å². The predicted molar refractivity (Wildman–Crippen MR) is 133 cm³/mol. The number of piperidine rings is 1. The zero-order valence-corrected chi connectivity index (χ0v) is 20.5. The van der Waals surface area contributed by atoms with Gasteiger partial charge in [0.2, 0.25) is 5.91 Å². The molecule has 35 heavy (non-hydrogen) atoms. The van der Waals surface area contributed by atoms with E-state index >= 15 is 0 Å². The Bertz CT molecular complexity index is 1180. The first-order valence-corrected chi connectivity index (χ1v) is 13.1. The number of benzene rings is 1. The Kier molecular flexibility index (Phi) is 5.96. The van der Waals surface area contributed by atoms with Crippen molar-refractivity contribution in [1.82, 2.24) is 19.4 Å². The normalized spacial score (nSPS) is 22.7. The molecule has 6 rings (SSSR count). The van der Waals surface area contributed by atoms with Gasteiger partial charge < -0.3 is 18.9 Å². The third kappa shape index (κ3) is 3.90. The molecule has 2 aliphatic heterocycles. The summed E-state index contributed by atoms with van der Waals surface area (Å²) < 4.78 is 13.7. The third-order valence-electron chi connectivity index (χ3n) is 8.32. The Hall–Kier alpha value is -2.93. The molecule has 1 aromatic carbocycles. The maximum absolute atomic E-state index is 14.0. The minimum absolute atomic E-state index is 0.0423. The van der Waals surface area contributed by atoms with Crippen LogP contribution in [0.2, 0.25) is 0 Å². The molecule has 0 spiro atoms. The van der Waals surface area contributed by atoms with Crippen LogP contribution in [-0.2, 0) is 14.9 Å². The molecule has 7 heteroatoms. The van der Waals surface area contributed by atoms with Crippen molar-refractivity contribution in [1.29, 1.82) is 0 Å². The lowest BCUT2D eigenvalue weighted by molar-refractivity contribution is -0.138. The molecule has 0 unspecified atom stereocenters. The molecule has 184 valence electrons. The fraction of sp³-hybridized carbons (Fsp3) is 0.536. The van der Waals surface area contributed by atoms with Crippen molar-refractivity contribution in [3.8, 4) is 5.75 Å². The van der Waals surface area contributed by atoms with Gasteiger partial charge in [-0.25, -0.2) is 9.97 Å². The topological polar surface area (TPSA) is 69.5 Å².